The Labute approximate surface area is 168 Å². The van der Waals surface area contributed by atoms with Gasteiger partial charge in [0.1, 0.15) is 18.2 Å². The van der Waals surface area contributed by atoms with Crippen molar-refractivity contribution in [1.82, 2.24) is 9.97 Å². The topological polar surface area (TPSA) is 67.3 Å². The Morgan fingerprint density at radius 3 is 2.55 bits per heavy atom. The van der Waals surface area contributed by atoms with Crippen LogP contribution >= 0.6 is 0 Å². The molecule has 1 aliphatic heterocycles. The Hall–Kier alpha value is -3.22. The van der Waals surface area contributed by atoms with Gasteiger partial charge in [0.05, 0.1) is 12.6 Å². The summed E-state index contributed by atoms with van der Waals surface area (Å²) in [4.78, 5) is 23.4. The first-order valence-electron chi connectivity index (χ1n) is 9.53. The Bertz CT molecular complexity index is 1090. The van der Waals surface area contributed by atoms with Crippen LogP contribution in [-0.4, -0.2) is 35.6 Å². The number of aryl methyl sites for hydroxylation is 3. The zero-order valence-electron chi connectivity index (χ0n) is 16.9. The van der Waals surface area contributed by atoms with Gasteiger partial charge in [0, 0.05) is 23.7 Å². The van der Waals surface area contributed by atoms with E-state index in [1.54, 1.807) is 6.07 Å². The summed E-state index contributed by atoms with van der Waals surface area (Å²) in [5, 5.41) is 3.84. The highest BCUT2D eigenvalue weighted by atomic mass is 19.1. The average Bonchev–Trinajstić information content (AvgIpc) is 3.01. The van der Waals surface area contributed by atoms with Crippen LogP contribution in [0.5, 0.6) is 5.75 Å². The number of fused-ring (bicyclic) bond motifs is 1. The Morgan fingerprint density at radius 1 is 1.14 bits per heavy atom. The number of rotatable bonds is 4. The van der Waals surface area contributed by atoms with Crippen molar-refractivity contribution in [3.8, 4) is 5.75 Å². The first-order valence-corrected chi connectivity index (χ1v) is 9.53. The van der Waals surface area contributed by atoms with Gasteiger partial charge in [-0.2, -0.15) is 0 Å². The smallest absolute Gasteiger partial charge is 0.249 e. The molecule has 3 aromatic rings. The highest BCUT2D eigenvalue weighted by Crippen LogP contribution is 2.32. The maximum absolute atomic E-state index is 14.0. The summed E-state index contributed by atoms with van der Waals surface area (Å²) in [6.07, 6.45) is 2.01. The molecule has 4 rings (SSSR count). The van der Waals surface area contributed by atoms with Crippen LogP contribution in [0.25, 0.3) is 10.9 Å². The highest BCUT2D eigenvalue weighted by molar-refractivity contribution is 6.03. The predicted molar refractivity (Wildman–Crippen MR) is 111 cm³/mol. The van der Waals surface area contributed by atoms with E-state index in [4.69, 9.17) is 4.74 Å². The Kier molecular flexibility index (Phi) is 4.82. The maximum Gasteiger partial charge on any atom is 0.249 e. The molecular weight excluding hydrogens is 371 g/mol. The molecular formula is C22H23FN4O2. The molecule has 150 valence electrons. The number of ether oxygens (including phenoxy) is 1. The van der Waals surface area contributed by atoms with Crippen LogP contribution in [0, 0.1) is 26.6 Å². The third kappa shape index (κ3) is 3.37. The van der Waals surface area contributed by atoms with E-state index in [1.165, 1.54) is 25.1 Å². The van der Waals surface area contributed by atoms with Gasteiger partial charge in [-0.3, -0.25) is 4.79 Å². The van der Waals surface area contributed by atoms with Crippen molar-refractivity contribution in [3.05, 3.63) is 53.1 Å². The highest BCUT2D eigenvalue weighted by Gasteiger charge is 2.34. The molecule has 1 atom stereocenters. The minimum absolute atomic E-state index is 0.000826. The molecule has 0 radical (unpaired) electrons. The summed E-state index contributed by atoms with van der Waals surface area (Å²) in [6.45, 7) is 6.74. The molecule has 0 aliphatic carbocycles. The van der Waals surface area contributed by atoms with Crippen LogP contribution < -0.4 is 15.0 Å². The third-order valence-electron chi connectivity index (χ3n) is 5.33. The molecule has 0 bridgehead atoms. The van der Waals surface area contributed by atoms with Crippen LogP contribution in [-0.2, 0) is 4.79 Å². The van der Waals surface area contributed by atoms with Crippen LogP contribution in [0.3, 0.4) is 0 Å². The fourth-order valence-corrected chi connectivity index (χ4v) is 4.13. The number of nitrogens with zero attached hydrogens (tertiary/aromatic N) is 3. The zero-order chi connectivity index (χ0) is 20.7. The van der Waals surface area contributed by atoms with Crippen molar-refractivity contribution < 1.29 is 13.9 Å². The van der Waals surface area contributed by atoms with Crippen molar-refractivity contribution in [2.24, 2.45) is 0 Å². The van der Waals surface area contributed by atoms with Gasteiger partial charge in [0.2, 0.25) is 5.91 Å². The molecule has 1 unspecified atom stereocenters. The Balaban J connectivity index is 1.64. The van der Waals surface area contributed by atoms with Gasteiger partial charge in [-0.15, -0.1) is 0 Å². The first-order chi connectivity index (χ1) is 13.9. The SMILES string of the molecule is COc1cc2c(NC3CCN(c4c(C)cc(C)cc4C)C3=O)ncnc2cc1F. The first kappa shape index (κ1) is 19.1. The quantitative estimate of drug-likeness (QED) is 0.726. The number of benzene rings is 2. The molecule has 7 heteroatoms. The molecule has 1 amide bonds. The summed E-state index contributed by atoms with van der Waals surface area (Å²) in [5.74, 6) is 0.116. The molecule has 29 heavy (non-hydrogen) atoms. The van der Waals surface area contributed by atoms with E-state index in [0.717, 1.165) is 16.8 Å². The number of nitrogens with one attached hydrogen (secondary N) is 1. The number of anilines is 2. The number of hydrogen-bond donors (Lipinski definition) is 1. The third-order valence-corrected chi connectivity index (χ3v) is 5.33. The van der Waals surface area contributed by atoms with E-state index in [-0.39, 0.29) is 11.7 Å². The monoisotopic (exact) mass is 394 g/mol. The molecule has 1 fully saturated rings. The predicted octanol–water partition coefficient (Wildman–Crippen LogP) is 3.92. The second-order valence-electron chi connectivity index (χ2n) is 7.45. The molecule has 2 aromatic carbocycles. The van der Waals surface area contributed by atoms with Crippen LogP contribution in [0.1, 0.15) is 23.1 Å². The van der Waals surface area contributed by atoms with Gasteiger partial charge < -0.3 is 15.0 Å². The minimum Gasteiger partial charge on any atom is -0.494 e. The fraction of sp³-hybridized carbons (Fsp3) is 0.318. The molecule has 1 saturated heterocycles. The largest absolute Gasteiger partial charge is 0.494 e. The van der Waals surface area contributed by atoms with Gasteiger partial charge in [-0.05, 0) is 44.4 Å². The summed E-state index contributed by atoms with van der Waals surface area (Å²) in [6, 6.07) is 6.63. The van der Waals surface area contributed by atoms with Crippen molar-refractivity contribution in [2.75, 3.05) is 23.9 Å². The number of carbonyl (C=O) groups is 1. The molecule has 1 aliphatic rings. The normalized spacial score (nSPS) is 16.5. The average molecular weight is 394 g/mol. The van der Waals surface area contributed by atoms with Crippen LogP contribution in [0.4, 0.5) is 15.9 Å². The number of carbonyl (C=O) groups excluding carboxylic acids is 1. The molecule has 0 saturated carbocycles. The summed E-state index contributed by atoms with van der Waals surface area (Å²) < 4.78 is 19.1. The summed E-state index contributed by atoms with van der Waals surface area (Å²) in [7, 11) is 1.41. The van der Waals surface area contributed by atoms with E-state index >= 15 is 0 Å². The number of amides is 1. The van der Waals surface area contributed by atoms with E-state index in [0.29, 0.717) is 29.7 Å². The number of halogens is 1. The van der Waals surface area contributed by atoms with Crippen LogP contribution in [0.15, 0.2) is 30.6 Å². The van der Waals surface area contributed by atoms with E-state index in [1.807, 2.05) is 18.7 Å². The molecule has 2 heterocycles. The molecule has 1 aromatic heterocycles. The van der Waals surface area contributed by atoms with Crippen molar-refractivity contribution in [2.45, 2.75) is 33.2 Å². The Morgan fingerprint density at radius 2 is 1.86 bits per heavy atom. The summed E-state index contributed by atoms with van der Waals surface area (Å²) >= 11 is 0. The number of aromatic nitrogens is 2. The maximum atomic E-state index is 14.0. The fourth-order valence-electron chi connectivity index (χ4n) is 4.13. The van der Waals surface area contributed by atoms with Gasteiger partial charge >= 0.3 is 0 Å². The van der Waals surface area contributed by atoms with Gasteiger partial charge in [-0.1, -0.05) is 17.7 Å². The summed E-state index contributed by atoms with van der Waals surface area (Å²) in [5.41, 5.74) is 4.78. The van der Waals surface area contributed by atoms with Crippen molar-refractivity contribution in [3.63, 3.8) is 0 Å². The number of hydrogen-bond acceptors (Lipinski definition) is 5. The van der Waals surface area contributed by atoms with Crippen LogP contribution in [0.2, 0.25) is 0 Å². The second kappa shape index (κ2) is 7.31. The van der Waals surface area contributed by atoms with E-state index in [2.05, 4.69) is 34.3 Å². The lowest BCUT2D eigenvalue weighted by Crippen LogP contribution is -2.34. The lowest BCUT2D eigenvalue weighted by molar-refractivity contribution is -0.117. The van der Waals surface area contributed by atoms with E-state index < -0.39 is 11.9 Å². The lowest BCUT2D eigenvalue weighted by atomic mass is 10.0. The molecule has 0 spiro atoms. The second-order valence-corrected chi connectivity index (χ2v) is 7.45. The number of methoxy groups -OCH3 is 1. The van der Waals surface area contributed by atoms with Gasteiger partial charge in [0.15, 0.2) is 11.6 Å². The van der Waals surface area contributed by atoms with Gasteiger partial charge in [-0.25, -0.2) is 14.4 Å². The zero-order valence-corrected chi connectivity index (χ0v) is 16.9. The molecule has 1 N–H and O–H groups in total. The van der Waals surface area contributed by atoms with Crippen molar-refractivity contribution >= 4 is 28.3 Å². The van der Waals surface area contributed by atoms with Crippen molar-refractivity contribution in [1.29, 1.82) is 0 Å². The standard InChI is InChI=1S/C22H23FN4O2/c1-12-7-13(2)20(14(3)8-12)27-6-5-17(22(27)28)26-21-15-9-19(29-4)16(23)10-18(15)24-11-25-21/h7-11,17H,5-6H2,1-4H3,(H,24,25,26). The van der Waals surface area contributed by atoms with Gasteiger partial charge in [0.25, 0.3) is 0 Å². The molecule has 6 nitrogen and oxygen atoms in total. The minimum atomic E-state index is -0.488. The van der Waals surface area contributed by atoms with E-state index in [9.17, 15) is 9.18 Å². The lowest BCUT2D eigenvalue weighted by Gasteiger charge is -2.22.